The van der Waals surface area contributed by atoms with Gasteiger partial charge < -0.3 is 15.2 Å². The van der Waals surface area contributed by atoms with Gasteiger partial charge in [-0.25, -0.2) is 0 Å². The van der Waals surface area contributed by atoms with Crippen LogP contribution in [0.25, 0.3) is 17.2 Å². The molecule has 0 aliphatic carbocycles. The number of rotatable bonds is 6. The monoisotopic (exact) mass is 419 g/mol. The number of morpholine rings is 1. The normalized spacial score (nSPS) is 14.7. The lowest BCUT2D eigenvalue weighted by Crippen LogP contribution is -2.35. The zero-order valence-corrected chi connectivity index (χ0v) is 17.4. The average Bonchev–Trinajstić information content (AvgIpc) is 3.22. The second-order valence-electron chi connectivity index (χ2n) is 7.42. The van der Waals surface area contributed by atoms with E-state index in [0.29, 0.717) is 25.4 Å². The summed E-state index contributed by atoms with van der Waals surface area (Å²) in [5.41, 5.74) is 4.13. The summed E-state index contributed by atoms with van der Waals surface area (Å²) >= 11 is 0. The number of hydrogen-bond acceptors (Lipinski definition) is 6. The molecule has 3 aromatic rings. The largest absolute Gasteiger partial charge is 0.508 e. The van der Waals surface area contributed by atoms with Crippen molar-refractivity contribution in [2.75, 3.05) is 31.6 Å². The number of aryl methyl sites for hydroxylation is 1. The second-order valence-corrected chi connectivity index (χ2v) is 7.42. The van der Waals surface area contributed by atoms with Crippen molar-refractivity contribution in [2.45, 2.75) is 6.54 Å². The molecule has 160 valence electrons. The van der Waals surface area contributed by atoms with Crippen LogP contribution in [0.3, 0.4) is 0 Å². The summed E-state index contributed by atoms with van der Waals surface area (Å²) < 4.78 is 7.10. The van der Waals surface area contributed by atoms with Crippen LogP contribution >= 0.6 is 0 Å². The van der Waals surface area contributed by atoms with Gasteiger partial charge in [0.1, 0.15) is 5.75 Å². The van der Waals surface area contributed by atoms with E-state index in [4.69, 9.17) is 4.74 Å². The van der Waals surface area contributed by atoms with Crippen LogP contribution in [0.2, 0.25) is 0 Å². The maximum absolute atomic E-state index is 12.5. The van der Waals surface area contributed by atoms with Crippen LogP contribution in [0, 0.1) is 0 Å². The van der Waals surface area contributed by atoms with Gasteiger partial charge in [-0.3, -0.25) is 19.4 Å². The summed E-state index contributed by atoms with van der Waals surface area (Å²) in [7, 11) is 1.86. The molecule has 4 rings (SSSR count). The van der Waals surface area contributed by atoms with Crippen molar-refractivity contribution in [3.63, 3.8) is 0 Å². The number of carbonyl (C=O) groups is 1. The van der Waals surface area contributed by atoms with E-state index in [1.54, 1.807) is 41.5 Å². The van der Waals surface area contributed by atoms with E-state index in [9.17, 15) is 9.90 Å². The molecule has 2 N–H and O–H groups in total. The highest BCUT2D eigenvalue weighted by molar-refractivity contribution is 6.02. The van der Waals surface area contributed by atoms with Gasteiger partial charge in [-0.05, 0) is 35.9 Å². The van der Waals surface area contributed by atoms with Crippen LogP contribution in [0.15, 0.2) is 55.1 Å². The lowest BCUT2D eigenvalue weighted by atomic mass is 10.0. The van der Waals surface area contributed by atoms with Gasteiger partial charge in [0.25, 0.3) is 0 Å². The molecule has 8 heteroatoms. The Labute approximate surface area is 180 Å². The van der Waals surface area contributed by atoms with Gasteiger partial charge in [-0.15, -0.1) is 0 Å². The van der Waals surface area contributed by atoms with Crippen molar-refractivity contribution in [1.82, 2.24) is 19.7 Å². The lowest BCUT2D eigenvalue weighted by molar-refractivity contribution is -0.111. The Bertz CT molecular complexity index is 1090. The number of benzene rings is 1. The summed E-state index contributed by atoms with van der Waals surface area (Å²) in [5.74, 6) is -0.0412. The number of nitrogens with zero attached hydrogens (tertiary/aromatic N) is 4. The maximum atomic E-state index is 12.5. The summed E-state index contributed by atoms with van der Waals surface area (Å²) in [5, 5.41) is 17.3. The van der Waals surface area contributed by atoms with Gasteiger partial charge in [-0.2, -0.15) is 5.10 Å². The van der Waals surface area contributed by atoms with E-state index in [0.717, 1.165) is 35.3 Å². The Morgan fingerprint density at radius 2 is 2.10 bits per heavy atom. The van der Waals surface area contributed by atoms with Crippen LogP contribution in [0.5, 0.6) is 5.75 Å². The fourth-order valence-electron chi connectivity index (χ4n) is 3.50. The Morgan fingerprint density at radius 1 is 1.26 bits per heavy atom. The van der Waals surface area contributed by atoms with Gasteiger partial charge in [0.05, 0.1) is 19.4 Å². The minimum Gasteiger partial charge on any atom is -0.508 e. The lowest BCUT2D eigenvalue weighted by Gasteiger charge is -2.27. The van der Waals surface area contributed by atoms with E-state index in [1.165, 1.54) is 6.08 Å². The number of pyridine rings is 1. The molecule has 1 amide bonds. The van der Waals surface area contributed by atoms with Gasteiger partial charge in [0.2, 0.25) is 5.91 Å². The SMILES string of the molecule is Cn1cc(-c2ccncc2C=CC(=O)Nc2ccc(O)c(CN3CCOCC3)c2)cn1. The number of ether oxygens (including phenoxy) is 1. The maximum Gasteiger partial charge on any atom is 0.248 e. The molecule has 1 aliphatic heterocycles. The third-order valence-corrected chi connectivity index (χ3v) is 5.13. The predicted octanol–water partition coefficient (Wildman–Crippen LogP) is 2.67. The number of nitrogens with one attached hydrogen (secondary N) is 1. The molecule has 1 fully saturated rings. The number of amides is 1. The fourth-order valence-corrected chi connectivity index (χ4v) is 3.50. The Balaban J connectivity index is 1.44. The van der Waals surface area contributed by atoms with Crippen molar-refractivity contribution < 1.29 is 14.6 Å². The summed E-state index contributed by atoms with van der Waals surface area (Å²) in [6.07, 6.45) is 10.3. The summed E-state index contributed by atoms with van der Waals surface area (Å²) in [4.78, 5) is 18.9. The van der Waals surface area contributed by atoms with Gasteiger partial charge >= 0.3 is 0 Å². The first-order valence-corrected chi connectivity index (χ1v) is 10.1. The molecule has 1 saturated heterocycles. The number of aromatic nitrogens is 3. The third-order valence-electron chi connectivity index (χ3n) is 5.13. The average molecular weight is 419 g/mol. The van der Waals surface area contributed by atoms with Crippen LogP contribution in [-0.4, -0.2) is 57.0 Å². The van der Waals surface area contributed by atoms with Crippen molar-refractivity contribution in [3.8, 4) is 16.9 Å². The number of phenols is 1. The van der Waals surface area contributed by atoms with E-state index < -0.39 is 0 Å². The van der Waals surface area contributed by atoms with E-state index in [2.05, 4.69) is 20.3 Å². The molecule has 0 unspecified atom stereocenters. The molecule has 1 aliphatic rings. The first-order chi connectivity index (χ1) is 15.1. The molecule has 8 nitrogen and oxygen atoms in total. The van der Waals surface area contributed by atoms with E-state index >= 15 is 0 Å². The molecular weight excluding hydrogens is 394 g/mol. The number of carbonyl (C=O) groups excluding carboxylic acids is 1. The van der Waals surface area contributed by atoms with Crippen LogP contribution < -0.4 is 5.32 Å². The van der Waals surface area contributed by atoms with Crippen molar-refractivity contribution in [1.29, 1.82) is 0 Å². The molecule has 0 spiro atoms. The second kappa shape index (κ2) is 9.55. The van der Waals surface area contributed by atoms with Crippen molar-refractivity contribution in [2.24, 2.45) is 7.05 Å². The molecule has 3 heterocycles. The molecule has 2 aromatic heterocycles. The fraction of sp³-hybridized carbons (Fsp3) is 0.261. The molecular formula is C23H25N5O3. The Morgan fingerprint density at radius 3 is 2.87 bits per heavy atom. The quantitative estimate of drug-likeness (QED) is 0.471. The van der Waals surface area contributed by atoms with Crippen molar-refractivity contribution in [3.05, 3.63) is 66.3 Å². The van der Waals surface area contributed by atoms with Gasteiger partial charge in [0, 0.05) is 73.7 Å². The van der Waals surface area contributed by atoms with Crippen LogP contribution in [-0.2, 0) is 23.1 Å². The number of hydrogen-bond donors (Lipinski definition) is 2. The van der Waals surface area contributed by atoms with E-state index in [-0.39, 0.29) is 11.7 Å². The minimum absolute atomic E-state index is 0.219. The molecule has 31 heavy (non-hydrogen) atoms. The van der Waals surface area contributed by atoms with Crippen molar-refractivity contribution >= 4 is 17.7 Å². The molecule has 0 bridgehead atoms. The van der Waals surface area contributed by atoms with E-state index in [1.807, 2.05) is 25.4 Å². The first kappa shape index (κ1) is 20.8. The number of aromatic hydroxyl groups is 1. The highest BCUT2D eigenvalue weighted by atomic mass is 16.5. The molecule has 1 aromatic carbocycles. The molecule has 0 radical (unpaired) electrons. The molecule has 0 saturated carbocycles. The Kier molecular flexibility index (Phi) is 6.40. The Hall–Kier alpha value is -3.49. The topological polar surface area (TPSA) is 92.5 Å². The molecule has 0 atom stereocenters. The number of anilines is 1. The smallest absolute Gasteiger partial charge is 0.248 e. The van der Waals surface area contributed by atoms with Crippen LogP contribution in [0.4, 0.5) is 5.69 Å². The number of phenolic OH excluding ortho intramolecular Hbond substituents is 1. The zero-order chi connectivity index (χ0) is 21.6. The van der Waals surface area contributed by atoms with Gasteiger partial charge in [-0.1, -0.05) is 0 Å². The third kappa shape index (κ3) is 5.36. The van der Waals surface area contributed by atoms with Crippen LogP contribution in [0.1, 0.15) is 11.1 Å². The zero-order valence-electron chi connectivity index (χ0n) is 17.4. The standard InChI is InChI=1S/C23H25N5O3/c1-27-15-19(14-25-27)21-6-7-24-13-17(21)2-5-23(30)26-20-3-4-22(29)18(12-20)16-28-8-10-31-11-9-28/h2-7,12-15,29H,8-11,16H2,1H3,(H,26,30). The summed E-state index contributed by atoms with van der Waals surface area (Å²) in [6, 6.07) is 7.00. The highest BCUT2D eigenvalue weighted by Crippen LogP contribution is 2.25. The summed E-state index contributed by atoms with van der Waals surface area (Å²) in [6.45, 7) is 3.64. The van der Waals surface area contributed by atoms with Gasteiger partial charge in [0.15, 0.2) is 0 Å². The predicted molar refractivity (Wildman–Crippen MR) is 118 cm³/mol. The minimum atomic E-state index is -0.260. The highest BCUT2D eigenvalue weighted by Gasteiger charge is 2.13. The first-order valence-electron chi connectivity index (χ1n) is 10.1.